The third kappa shape index (κ3) is 4.51. The molecule has 33 heavy (non-hydrogen) atoms. The molecule has 0 bridgehead atoms. The first-order chi connectivity index (χ1) is 16.1. The zero-order valence-corrected chi connectivity index (χ0v) is 18.8. The minimum absolute atomic E-state index is 0.00225. The lowest BCUT2D eigenvalue weighted by molar-refractivity contribution is -0.132. The van der Waals surface area contributed by atoms with Crippen molar-refractivity contribution in [3.63, 3.8) is 0 Å². The molecule has 5 rings (SSSR count). The van der Waals surface area contributed by atoms with Crippen molar-refractivity contribution >= 4 is 28.4 Å². The van der Waals surface area contributed by atoms with Crippen molar-refractivity contribution in [2.45, 2.75) is 6.54 Å². The number of piperazine rings is 2. The molecule has 0 atom stereocenters. The van der Waals surface area contributed by atoms with Crippen LogP contribution in [0.5, 0.6) is 0 Å². The Bertz CT molecular complexity index is 1200. The van der Waals surface area contributed by atoms with Gasteiger partial charge in [0.25, 0.3) is 5.56 Å². The second kappa shape index (κ2) is 9.14. The maximum atomic E-state index is 12.9. The summed E-state index contributed by atoms with van der Waals surface area (Å²) < 4.78 is 1.39. The maximum Gasteiger partial charge on any atom is 0.261 e. The first-order valence-electron chi connectivity index (χ1n) is 11.3. The van der Waals surface area contributed by atoms with Crippen LogP contribution in [-0.2, 0) is 11.3 Å². The van der Waals surface area contributed by atoms with E-state index in [0.29, 0.717) is 37.1 Å². The number of hydrogen-bond donors (Lipinski definition) is 0. The number of benzene rings is 1. The lowest BCUT2D eigenvalue weighted by Gasteiger charge is -2.36. The van der Waals surface area contributed by atoms with Gasteiger partial charge in [-0.05, 0) is 19.2 Å². The van der Waals surface area contributed by atoms with Gasteiger partial charge in [-0.3, -0.25) is 14.2 Å². The van der Waals surface area contributed by atoms with E-state index in [2.05, 4.69) is 36.7 Å². The van der Waals surface area contributed by atoms with Crippen LogP contribution < -0.4 is 15.4 Å². The van der Waals surface area contributed by atoms with E-state index in [9.17, 15) is 9.59 Å². The molecule has 2 fully saturated rings. The molecule has 10 nitrogen and oxygen atoms in total. The molecule has 0 spiro atoms. The minimum atomic E-state index is -0.190. The van der Waals surface area contributed by atoms with Crippen LogP contribution in [0, 0.1) is 0 Å². The number of carbonyl (C=O) groups excluding carboxylic acids is 1. The number of anilines is 2. The standard InChI is InChI=1S/C23H28N8O2/c1-27-6-8-28(9-7-27)20-14-21(25-16-24-20)29-10-12-30(13-11-29)22(32)15-31-17-26-19-5-3-2-4-18(19)23(31)33/h2-5,14,16-17H,6-13,15H2,1H3. The van der Waals surface area contributed by atoms with E-state index >= 15 is 0 Å². The number of aromatic nitrogens is 4. The smallest absolute Gasteiger partial charge is 0.261 e. The van der Waals surface area contributed by atoms with E-state index in [0.717, 1.165) is 37.8 Å². The average molecular weight is 449 g/mol. The number of rotatable bonds is 4. The summed E-state index contributed by atoms with van der Waals surface area (Å²) in [6, 6.07) is 9.23. The Morgan fingerprint density at radius 1 is 0.879 bits per heavy atom. The summed E-state index contributed by atoms with van der Waals surface area (Å²) in [7, 11) is 2.14. The van der Waals surface area contributed by atoms with Gasteiger partial charge in [0, 0.05) is 58.4 Å². The fraction of sp³-hybridized carbons (Fsp3) is 0.435. The monoisotopic (exact) mass is 448 g/mol. The number of carbonyl (C=O) groups is 1. The van der Waals surface area contributed by atoms with Crippen LogP contribution in [0.15, 0.2) is 47.8 Å². The van der Waals surface area contributed by atoms with Crippen molar-refractivity contribution in [1.29, 1.82) is 0 Å². The second-order valence-electron chi connectivity index (χ2n) is 8.59. The largest absolute Gasteiger partial charge is 0.354 e. The van der Waals surface area contributed by atoms with Crippen LogP contribution in [0.3, 0.4) is 0 Å². The molecule has 2 aliphatic rings. The fourth-order valence-corrected chi connectivity index (χ4v) is 4.37. The highest BCUT2D eigenvalue weighted by atomic mass is 16.2. The molecule has 0 unspecified atom stereocenters. The molecule has 10 heteroatoms. The average Bonchev–Trinajstić information content (AvgIpc) is 2.86. The molecule has 1 aromatic carbocycles. The summed E-state index contributed by atoms with van der Waals surface area (Å²) in [4.78, 5) is 47.4. The molecule has 0 N–H and O–H groups in total. The van der Waals surface area contributed by atoms with Crippen molar-refractivity contribution in [3.8, 4) is 0 Å². The first kappa shape index (κ1) is 21.3. The lowest BCUT2D eigenvalue weighted by atomic mass is 10.2. The number of hydrogen-bond acceptors (Lipinski definition) is 8. The van der Waals surface area contributed by atoms with E-state index < -0.39 is 0 Å². The molecule has 0 saturated carbocycles. The summed E-state index contributed by atoms with van der Waals surface area (Å²) in [5.74, 6) is 1.77. The van der Waals surface area contributed by atoms with Gasteiger partial charge < -0.3 is 19.6 Å². The first-order valence-corrected chi connectivity index (χ1v) is 11.3. The van der Waals surface area contributed by atoms with Crippen LogP contribution >= 0.6 is 0 Å². The quantitative estimate of drug-likeness (QED) is 0.563. The minimum Gasteiger partial charge on any atom is -0.354 e. The molecule has 1 amide bonds. The molecular formula is C23H28N8O2. The predicted octanol–water partition coefficient (Wildman–Crippen LogP) is 0.287. The van der Waals surface area contributed by atoms with Crippen molar-refractivity contribution in [2.24, 2.45) is 0 Å². The van der Waals surface area contributed by atoms with E-state index in [4.69, 9.17) is 0 Å². The zero-order valence-electron chi connectivity index (χ0n) is 18.8. The molecule has 4 heterocycles. The number of nitrogens with zero attached hydrogens (tertiary/aromatic N) is 8. The summed E-state index contributed by atoms with van der Waals surface area (Å²) in [6.45, 7) is 6.51. The summed E-state index contributed by atoms with van der Waals surface area (Å²) in [6.07, 6.45) is 3.08. The van der Waals surface area contributed by atoms with Crippen molar-refractivity contribution in [3.05, 3.63) is 53.3 Å². The van der Waals surface area contributed by atoms with Gasteiger partial charge in [-0.2, -0.15) is 0 Å². The van der Waals surface area contributed by atoms with Gasteiger partial charge in [0.2, 0.25) is 5.91 Å². The highest BCUT2D eigenvalue weighted by molar-refractivity contribution is 5.79. The Labute approximate surface area is 192 Å². The van der Waals surface area contributed by atoms with E-state index in [-0.39, 0.29) is 18.0 Å². The van der Waals surface area contributed by atoms with Gasteiger partial charge in [-0.25, -0.2) is 15.0 Å². The van der Waals surface area contributed by atoms with Crippen molar-refractivity contribution < 1.29 is 4.79 Å². The summed E-state index contributed by atoms with van der Waals surface area (Å²) in [5, 5.41) is 0.525. The second-order valence-corrected chi connectivity index (χ2v) is 8.59. The van der Waals surface area contributed by atoms with E-state index in [1.165, 1.54) is 10.9 Å². The Kier molecular flexibility index (Phi) is 5.91. The van der Waals surface area contributed by atoms with E-state index in [1.54, 1.807) is 29.4 Å². The fourth-order valence-electron chi connectivity index (χ4n) is 4.37. The van der Waals surface area contributed by atoms with E-state index in [1.807, 2.05) is 12.1 Å². The molecule has 2 aliphatic heterocycles. The molecule has 0 aliphatic carbocycles. The maximum absolute atomic E-state index is 12.9. The lowest BCUT2D eigenvalue weighted by Crippen LogP contribution is -2.50. The number of fused-ring (bicyclic) bond motifs is 1. The Balaban J connectivity index is 1.21. The van der Waals surface area contributed by atoms with Crippen molar-refractivity contribution in [1.82, 2.24) is 29.3 Å². The highest BCUT2D eigenvalue weighted by Gasteiger charge is 2.24. The molecule has 2 saturated heterocycles. The van der Waals surface area contributed by atoms with Gasteiger partial charge in [0.15, 0.2) is 0 Å². The van der Waals surface area contributed by atoms with Crippen molar-refractivity contribution in [2.75, 3.05) is 69.2 Å². The van der Waals surface area contributed by atoms with Crippen LogP contribution in [0.1, 0.15) is 0 Å². The number of amides is 1. The Hall–Kier alpha value is -3.53. The van der Waals surface area contributed by atoms with Gasteiger partial charge in [-0.1, -0.05) is 12.1 Å². The highest BCUT2D eigenvalue weighted by Crippen LogP contribution is 2.20. The summed E-state index contributed by atoms with van der Waals surface area (Å²) in [5.41, 5.74) is 0.450. The molecule has 172 valence electrons. The van der Waals surface area contributed by atoms with Crippen LogP contribution in [0.2, 0.25) is 0 Å². The van der Waals surface area contributed by atoms with Gasteiger partial charge in [-0.15, -0.1) is 0 Å². The van der Waals surface area contributed by atoms with Crippen LogP contribution in [-0.4, -0.2) is 94.6 Å². The van der Waals surface area contributed by atoms with Gasteiger partial charge in [0.1, 0.15) is 24.5 Å². The SMILES string of the molecule is CN1CCN(c2cc(N3CCN(C(=O)Cn4cnc5ccccc5c4=O)CC3)ncn2)CC1. The molecule has 0 radical (unpaired) electrons. The van der Waals surface area contributed by atoms with Gasteiger partial charge in [0.05, 0.1) is 17.2 Å². The number of para-hydroxylation sites is 1. The van der Waals surface area contributed by atoms with Crippen LogP contribution in [0.25, 0.3) is 10.9 Å². The van der Waals surface area contributed by atoms with Crippen LogP contribution in [0.4, 0.5) is 11.6 Å². The normalized spacial score (nSPS) is 17.5. The molecule has 3 aromatic rings. The summed E-state index contributed by atoms with van der Waals surface area (Å²) >= 11 is 0. The third-order valence-corrected chi connectivity index (χ3v) is 6.46. The topological polar surface area (TPSA) is 90.7 Å². The Morgan fingerprint density at radius 2 is 1.52 bits per heavy atom. The Morgan fingerprint density at radius 3 is 2.21 bits per heavy atom. The molecular weight excluding hydrogens is 420 g/mol. The van der Waals surface area contributed by atoms with Gasteiger partial charge >= 0.3 is 0 Å². The molecule has 2 aromatic heterocycles. The zero-order chi connectivity index (χ0) is 22.8. The predicted molar refractivity (Wildman–Crippen MR) is 127 cm³/mol. The number of likely N-dealkylation sites (N-methyl/N-ethyl adjacent to an activating group) is 1. The third-order valence-electron chi connectivity index (χ3n) is 6.46.